The van der Waals surface area contributed by atoms with Gasteiger partial charge in [0.2, 0.25) is 9.04 Å². The fraction of sp³-hybridized carbons (Fsp3) is 0.455. The summed E-state index contributed by atoms with van der Waals surface area (Å²) in [6, 6.07) is 11.8. The Hall–Kier alpha value is -0.603. The van der Waals surface area contributed by atoms with Crippen molar-refractivity contribution in [3.63, 3.8) is 0 Å². The standard InChI is InChI=1S/C11H17OSi/c1-3-12-13(2)10-9-11-7-5-4-6-8-11/h4-8H,3,9-10H2,1-2H3. The summed E-state index contributed by atoms with van der Waals surface area (Å²) in [5.41, 5.74) is 1.42. The van der Waals surface area contributed by atoms with Crippen LogP contribution in [0.2, 0.25) is 12.6 Å². The number of benzene rings is 1. The highest BCUT2D eigenvalue weighted by Crippen LogP contribution is 2.05. The summed E-state index contributed by atoms with van der Waals surface area (Å²) in [5, 5.41) is 0. The molecule has 71 valence electrons. The number of aryl methyl sites for hydroxylation is 1. The highest BCUT2D eigenvalue weighted by Gasteiger charge is 2.04. The molecule has 0 aromatic heterocycles. The zero-order valence-corrected chi connectivity index (χ0v) is 9.42. The van der Waals surface area contributed by atoms with E-state index in [0.29, 0.717) is 0 Å². The third-order valence-electron chi connectivity index (χ3n) is 2.00. The van der Waals surface area contributed by atoms with E-state index in [1.165, 1.54) is 11.6 Å². The average molecular weight is 193 g/mol. The van der Waals surface area contributed by atoms with Crippen molar-refractivity contribution in [2.24, 2.45) is 0 Å². The highest BCUT2D eigenvalue weighted by atomic mass is 28.3. The topological polar surface area (TPSA) is 9.23 Å². The van der Waals surface area contributed by atoms with Crippen molar-refractivity contribution >= 4 is 9.04 Å². The average Bonchev–Trinajstić information content (AvgIpc) is 2.17. The van der Waals surface area contributed by atoms with Gasteiger partial charge in [-0.05, 0) is 31.5 Å². The Kier molecular flexibility index (Phi) is 4.79. The van der Waals surface area contributed by atoms with Gasteiger partial charge in [0.1, 0.15) is 0 Å². The zero-order valence-electron chi connectivity index (χ0n) is 8.42. The van der Waals surface area contributed by atoms with Crippen molar-refractivity contribution in [3.8, 4) is 0 Å². The maximum atomic E-state index is 5.57. The molecule has 0 amide bonds. The molecule has 0 fully saturated rings. The van der Waals surface area contributed by atoms with Gasteiger partial charge in [-0.25, -0.2) is 0 Å². The minimum atomic E-state index is -0.538. The largest absolute Gasteiger partial charge is 0.417 e. The van der Waals surface area contributed by atoms with Gasteiger partial charge in [0.15, 0.2) is 0 Å². The van der Waals surface area contributed by atoms with Crippen LogP contribution in [0.5, 0.6) is 0 Å². The molecule has 1 aromatic rings. The molecule has 0 aliphatic rings. The van der Waals surface area contributed by atoms with Gasteiger partial charge in [-0.3, -0.25) is 0 Å². The van der Waals surface area contributed by atoms with Gasteiger partial charge in [0.05, 0.1) is 0 Å². The predicted molar refractivity (Wildman–Crippen MR) is 58.2 cm³/mol. The predicted octanol–water partition coefficient (Wildman–Crippen LogP) is 2.89. The Morgan fingerprint density at radius 2 is 1.92 bits per heavy atom. The summed E-state index contributed by atoms with van der Waals surface area (Å²) >= 11 is 0. The molecule has 0 saturated carbocycles. The molecule has 1 radical (unpaired) electrons. The monoisotopic (exact) mass is 193 g/mol. The summed E-state index contributed by atoms with van der Waals surface area (Å²) in [4.78, 5) is 0. The fourth-order valence-electron chi connectivity index (χ4n) is 1.28. The zero-order chi connectivity index (χ0) is 9.52. The van der Waals surface area contributed by atoms with Crippen LogP contribution < -0.4 is 0 Å². The molecule has 0 N–H and O–H groups in total. The first kappa shape index (κ1) is 10.5. The third-order valence-corrected chi connectivity index (χ3v) is 3.73. The van der Waals surface area contributed by atoms with Crippen molar-refractivity contribution in [3.05, 3.63) is 35.9 Å². The minimum absolute atomic E-state index is 0.538. The van der Waals surface area contributed by atoms with E-state index in [1.807, 2.05) is 0 Å². The first-order chi connectivity index (χ1) is 6.33. The normalized spacial score (nSPS) is 10.7. The molecule has 0 unspecified atom stereocenters. The van der Waals surface area contributed by atoms with Crippen LogP contribution in [0, 0.1) is 0 Å². The van der Waals surface area contributed by atoms with E-state index < -0.39 is 9.04 Å². The Balaban J connectivity index is 2.27. The maximum Gasteiger partial charge on any atom is 0.208 e. The van der Waals surface area contributed by atoms with E-state index in [1.54, 1.807) is 0 Å². The number of rotatable bonds is 5. The molecule has 0 heterocycles. The van der Waals surface area contributed by atoms with Gasteiger partial charge in [-0.2, -0.15) is 0 Å². The summed E-state index contributed by atoms with van der Waals surface area (Å²) in [6.45, 7) is 5.16. The first-order valence-electron chi connectivity index (χ1n) is 4.82. The maximum absolute atomic E-state index is 5.57. The molecule has 0 atom stereocenters. The fourth-order valence-corrected chi connectivity index (χ4v) is 2.56. The van der Waals surface area contributed by atoms with Gasteiger partial charge < -0.3 is 4.43 Å². The van der Waals surface area contributed by atoms with Crippen molar-refractivity contribution < 1.29 is 4.43 Å². The quantitative estimate of drug-likeness (QED) is 0.653. The van der Waals surface area contributed by atoms with Gasteiger partial charge in [-0.15, -0.1) is 0 Å². The van der Waals surface area contributed by atoms with Gasteiger partial charge in [0.25, 0.3) is 0 Å². The molecule has 1 rings (SSSR count). The van der Waals surface area contributed by atoms with E-state index >= 15 is 0 Å². The second kappa shape index (κ2) is 5.94. The molecule has 0 saturated heterocycles. The molecular weight excluding hydrogens is 176 g/mol. The molecule has 2 heteroatoms. The van der Waals surface area contributed by atoms with E-state index in [-0.39, 0.29) is 0 Å². The van der Waals surface area contributed by atoms with Crippen LogP contribution in [0.4, 0.5) is 0 Å². The minimum Gasteiger partial charge on any atom is -0.417 e. The van der Waals surface area contributed by atoms with Crippen LogP contribution in [-0.4, -0.2) is 15.6 Å². The summed E-state index contributed by atoms with van der Waals surface area (Å²) in [7, 11) is -0.538. The van der Waals surface area contributed by atoms with E-state index in [4.69, 9.17) is 4.43 Å². The van der Waals surface area contributed by atoms with Crippen molar-refractivity contribution in [2.75, 3.05) is 6.61 Å². The Morgan fingerprint density at radius 1 is 1.23 bits per heavy atom. The summed E-state index contributed by atoms with van der Waals surface area (Å²) < 4.78 is 5.57. The SMILES string of the molecule is CCO[Si](C)CCc1ccccc1. The molecular formula is C11H17OSi. The lowest BCUT2D eigenvalue weighted by molar-refractivity contribution is 0.345. The van der Waals surface area contributed by atoms with Crippen LogP contribution in [0.15, 0.2) is 30.3 Å². The van der Waals surface area contributed by atoms with Crippen molar-refractivity contribution in [1.82, 2.24) is 0 Å². The highest BCUT2D eigenvalue weighted by molar-refractivity contribution is 6.50. The number of hydrogen-bond donors (Lipinski definition) is 0. The lowest BCUT2D eigenvalue weighted by Gasteiger charge is -2.08. The van der Waals surface area contributed by atoms with Crippen molar-refractivity contribution in [2.45, 2.75) is 25.9 Å². The molecule has 1 nitrogen and oxygen atoms in total. The van der Waals surface area contributed by atoms with E-state index in [2.05, 4.69) is 43.8 Å². The van der Waals surface area contributed by atoms with Crippen LogP contribution in [-0.2, 0) is 10.8 Å². The second-order valence-electron chi connectivity index (χ2n) is 3.12. The molecule has 0 aliphatic carbocycles. The smallest absolute Gasteiger partial charge is 0.208 e. The van der Waals surface area contributed by atoms with E-state index in [9.17, 15) is 0 Å². The van der Waals surface area contributed by atoms with Crippen LogP contribution >= 0.6 is 0 Å². The number of hydrogen-bond acceptors (Lipinski definition) is 1. The summed E-state index contributed by atoms with van der Waals surface area (Å²) in [5.74, 6) is 0. The first-order valence-corrected chi connectivity index (χ1v) is 6.93. The second-order valence-corrected chi connectivity index (χ2v) is 5.31. The Bertz CT molecular complexity index is 223. The van der Waals surface area contributed by atoms with Crippen LogP contribution in [0.3, 0.4) is 0 Å². The Labute approximate surface area is 82.5 Å². The lowest BCUT2D eigenvalue weighted by Crippen LogP contribution is -2.13. The lowest BCUT2D eigenvalue weighted by atomic mass is 10.2. The molecule has 0 aliphatic heterocycles. The van der Waals surface area contributed by atoms with Crippen LogP contribution in [0.1, 0.15) is 12.5 Å². The van der Waals surface area contributed by atoms with Crippen molar-refractivity contribution in [1.29, 1.82) is 0 Å². The van der Waals surface area contributed by atoms with Gasteiger partial charge in [-0.1, -0.05) is 30.3 Å². The van der Waals surface area contributed by atoms with Gasteiger partial charge in [0, 0.05) is 6.61 Å². The molecule has 13 heavy (non-hydrogen) atoms. The molecule has 0 spiro atoms. The summed E-state index contributed by atoms with van der Waals surface area (Å²) in [6.07, 6.45) is 1.16. The van der Waals surface area contributed by atoms with Gasteiger partial charge >= 0.3 is 0 Å². The third kappa shape index (κ3) is 4.25. The van der Waals surface area contributed by atoms with E-state index in [0.717, 1.165) is 13.0 Å². The molecule has 0 bridgehead atoms. The molecule has 1 aromatic carbocycles. The Morgan fingerprint density at radius 3 is 2.54 bits per heavy atom. The van der Waals surface area contributed by atoms with Crippen LogP contribution in [0.25, 0.3) is 0 Å².